The average Bonchev–Trinajstić information content (AvgIpc) is 2.64. The number of nitro benzene ring substituents is 1. The van der Waals surface area contributed by atoms with Crippen molar-refractivity contribution in [3.63, 3.8) is 0 Å². The molecule has 0 radical (unpaired) electrons. The van der Waals surface area contributed by atoms with Gasteiger partial charge in [-0.1, -0.05) is 23.7 Å². The molecule has 1 aliphatic heterocycles. The summed E-state index contributed by atoms with van der Waals surface area (Å²) < 4.78 is 14.5. The van der Waals surface area contributed by atoms with Crippen LogP contribution in [0.1, 0.15) is 25.0 Å². The molecule has 1 amide bonds. The standard InChI is InChI=1S/C18H15ClFN3O3/c1-18(2)17(24)22(3)16-12(8-10(23(25)26)9-13(16)19)15(21-18)11-6-4-5-7-14(11)20/h4-9H,1-3H3. The van der Waals surface area contributed by atoms with Crippen LogP contribution < -0.4 is 4.90 Å². The molecule has 26 heavy (non-hydrogen) atoms. The normalized spacial score (nSPS) is 16.0. The van der Waals surface area contributed by atoms with Crippen LogP contribution in [0, 0.1) is 15.9 Å². The van der Waals surface area contributed by atoms with Gasteiger partial charge in [0.05, 0.1) is 21.3 Å². The van der Waals surface area contributed by atoms with Crippen molar-refractivity contribution in [2.24, 2.45) is 4.99 Å². The molecule has 3 rings (SSSR count). The third-order valence-corrected chi connectivity index (χ3v) is 4.49. The fraction of sp³-hybridized carbons (Fsp3) is 0.222. The van der Waals surface area contributed by atoms with Crippen LogP contribution in [0.15, 0.2) is 41.4 Å². The van der Waals surface area contributed by atoms with Gasteiger partial charge in [0.2, 0.25) is 0 Å². The Labute approximate surface area is 154 Å². The molecule has 134 valence electrons. The van der Waals surface area contributed by atoms with Gasteiger partial charge in [-0.05, 0) is 26.0 Å². The molecule has 0 unspecified atom stereocenters. The van der Waals surface area contributed by atoms with Gasteiger partial charge in [-0.2, -0.15) is 0 Å². The topological polar surface area (TPSA) is 75.8 Å². The third kappa shape index (κ3) is 2.84. The minimum atomic E-state index is -1.20. The zero-order valence-electron chi connectivity index (χ0n) is 14.3. The van der Waals surface area contributed by atoms with E-state index >= 15 is 0 Å². The summed E-state index contributed by atoms with van der Waals surface area (Å²) >= 11 is 6.26. The molecule has 0 saturated carbocycles. The van der Waals surface area contributed by atoms with Crippen LogP contribution in [0.2, 0.25) is 5.02 Å². The number of halogens is 2. The number of rotatable bonds is 2. The van der Waals surface area contributed by atoms with Gasteiger partial charge >= 0.3 is 0 Å². The average molecular weight is 376 g/mol. The predicted molar refractivity (Wildman–Crippen MR) is 97.6 cm³/mol. The van der Waals surface area contributed by atoms with Crippen molar-refractivity contribution >= 4 is 34.6 Å². The van der Waals surface area contributed by atoms with E-state index in [4.69, 9.17) is 11.6 Å². The highest BCUT2D eigenvalue weighted by Gasteiger charge is 2.38. The molecule has 2 aromatic rings. The highest BCUT2D eigenvalue weighted by atomic mass is 35.5. The van der Waals surface area contributed by atoms with Crippen molar-refractivity contribution < 1.29 is 14.1 Å². The van der Waals surface area contributed by atoms with Crippen LogP contribution in [0.25, 0.3) is 0 Å². The first kappa shape index (κ1) is 18.0. The number of nitro groups is 1. The van der Waals surface area contributed by atoms with E-state index in [1.165, 1.54) is 42.3 Å². The smallest absolute Gasteiger partial charge is 0.271 e. The largest absolute Gasteiger partial charge is 0.311 e. The van der Waals surface area contributed by atoms with E-state index in [9.17, 15) is 19.3 Å². The van der Waals surface area contributed by atoms with Gasteiger partial charge in [0.15, 0.2) is 0 Å². The van der Waals surface area contributed by atoms with E-state index in [2.05, 4.69) is 4.99 Å². The summed E-state index contributed by atoms with van der Waals surface area (Å²) in [6.07, 6.45) is 0. The van der Waals surface area contributed by atoms with Crippen molar-refractivity contribution in [1.29, 1.82) is 0 Å². The number of carbonyl (C=O) groups is 1. The maximum Gasteiger partial charge on any atom is 0.271 e. The molecule has 0 fully saturated rings. The summed E-state index contributed by atoms with van der Waals surface area (Å²) in [6, 6.07) is 8.36. The molecule has 8 heteroatoms. The number of non-ortho nitro benzene ring substituents is 1. The summed E-state index contributed by atoms with van der Waals surface area (Å²) in [4.78, 5) is 29.2. The van der Waals surface area contributed by atoms with E-state index in [1.54, 1.807) is 19.9 Å². The van der Waals surface area contributed by atoms with E-state index in [0.29, 0.717) is 0 Å². The Kier molecular flexibility index (Phi) is 4.28. The second-order valence-electron chi connectivity index (χ2n) is 6.44. The highest BCUT2D eigenvalue weighted by molar-refractivity contribution is 6.36. The molecule has 0 aromatic heterocycles. The molecule has 0 aliphatic carbocycles. The van der Waals surface area contributed by atoms with Crippen LogP contribution in [-0.4, -0.2) is 29.1 Å². The van der Waals surface area contributed by atoms with Crippen molar-refractivity contribution in [3.05, 3.63) is 68.5 Å². The number of aliphatic imine (C=N–C) groups is 1. The van der Waals surface area contributed by atoms with E-state index in [1.807, 2.05) is 0 Å². The zero-order valence-corrected chi connectivity index (χ0v) is 15.0. The molecular formula is C18H15ClFN3O3. The van der Waals surface area contributed by atoms with E-state index in [0.717, 1.165) is 0 Å². The summed E-state index contributed by atoms with van der Waals surface area (Å²) in [5.41, 5.74) is -0.694. The van der Waals surface area contributed by atoms with Gasteiger partial charge in [0.25, 0.3) is 11.6 Å². The van der Waals surface area contributed by atoms with Crippen molar-refractivity contribution in [3.8, 4) is 0 Å². The first-order valence-electron chi connectivity index (χ1n) is 7.74. The number of benzene rings is 2. The van der Waals surface area contributed by atoms with Crippen LogP contribution in [0.4, 0.5) is 15.8 Å². The third-order valence-electron chi connectivity index (χ3n) is 4.20. The fourth-order valence-electron chi connectivity index (χ4n) is 2.97. The van der Waals surface area contributed by atoms with Crippen molar-refractivity contribution in [2.75, 3.05) is 11.9 Å². The summed E-state index contributed by atoms with van der Waals surface area (Å²) in [5.74, 6) is -0.909. The molecule has 2 aromatic carbocycles. The second kappa shape index (κ2) is 6.17. The lowest BCUT2D eigenvalue weighted by Gasteiger charge is -2.24. The lowest BCUT2D eigenvalue weighted by Crippen LogP contribution is -2.41. The monoisotopic (exact) mass is 375 g/mol. The van der Waals surface area contributed by atoms with E-state index < -0.39 is 16.3 Å². The maximum absolute atomic E-state index is 14.5. The Morgan fingerprint density at radius 1 is 1.23 bits per heavy atom. The lowest BCUT2D eigenvalue weighted by atomic mass is 9.98. The maximum atomic E-state index is 14.5. The van der Waals surface area contributed by atoms with Crippen LogP contribution in [0.5, 0.6) is 0 Å². The summed E-state index contributed by atoms with van der Waals surface area (Å²) in [7, 11) is 1.51. The molecule has 0 N–H and O–H groups in total. The van der Waals surface area contributed by atoms with Gasteiger partial charge in [0, 0.05) is 30.3 Å². The Morgan fingerprint density at radius 2 is 1.88 bits per heavy atom. The fourth-order valence-corrected chi connectivity index (χ4v) is 3.31. The van der Waals surface area contributed by atoms with Gasteiger partial charge in [0.1, 0.15) is 11.4 Å². The Bertz CT molecular complexity index is 972. The SMILES string of the molecule is CN1C(=O)C(C)(C)N=C(c2ccccc2F)c2cc([N+](=O)[O-])cc(Cl)c21. The molecule has 1 aliphatic rings. The summed E-state index contributed by atoms with van der Waals surface area (Å²) in [6.45, 7) is 3.20. The minimum absolute atomic E-state index is 0.0202. The molecular weight excluding hydrogens is 361 g/mol. The quantitative estimate of drug-likeness (QED) is 0.588. The van der Waals surface area contributed by atoms with Crippen LogP contribution in [-0.2, 0) is 4.79 Å². The van der Waals surface area contributed by atoms with Crippen molar-refractivity contribution in [1.82, 2.24) is 0 Å². The van der Waals surface area contributed by atoms with Gasteiger partial charge in [-0.3, -0.25) is 19.9 Å². The molecule has 0 saturated heterocycles. The van der Waals surface area contributed by atoms with Crippen molar-refractivity contribution in [2.45, 2.75) is 19.4 Å². The first-order chi connectivity index (χ1) is 12.1. The number of fused-ring (bicyclic) bond motifs is 1. The number of anilines is 1. The van der Waals surface area contributed by atoms with E-state index in [-0.39, 0.29) is 39.1 Å². The molecule has 0 spiro atoms. The minimum Gasteiger partial charge on any atom is -0.311 e. The number of amides is 1. The number of benzodiazepines with no additional fused rings is 1. The molecule has 1 heterocycles. The van der Waals surface area contributed by atoms with Gasteiger partial charge in [-0.25, -0.2) is 4.39 Å². The highest BCUT2D eigenvalue weighted by Crippen LogP contribution is 2.39. The zero-order chi connectivity index (χ0) is 19.2. The number of hydrogen-bond acceptors (Lipinski definition) is 4. The van der Waals surface area contributed by atoms with Gasteiger partial charge < -0.3 is 4.90 Å². The van der Waals surface area contributed by atoms with Gasteiger partial charge in [-0.15, -0.1) is 0 Å². The second-order valence-corrected chi connectivity index (χ2v) is 6.85. The van der Waals surface area contributed by atoms with Crippen LogP contribution in [0.3, 0.4) is 0 Å². The predicted octanol–water partition coefficient (Wildman–Crippen LogP) is 3.98. The molecule has 0 bridgehead atoms. The number of hydrogen-bond donors (Lipinski definition) is 0. The molecule has 6 nitrogen and oxygen atoms in total. The Balaban J connectivity index is 2.43. The number of nitrogens with zero attached hydrogens (tertiary/aromatic N) is 3. The Morgan fingerprint density at radius 3 is 2.50 bits per heavy atom. The first-order valence-corrected chi connectivity index (χ1v) is 8.12. The summed E-state index contributed by atoms with van der Waals surface area (Å²) in [5, 5.41) is 11.3. The van der Waals surface area contributed by atoms with Crippen LogP contribution >= 0.6 is 11.6 Å². The molecule has 0 atom stereocenters. The Hall–Kier alpha value is -2.80. The number of carbonyl (C=O) groups excluding carboxylic acids is 1. The number of likely N-dealkylation sites (N-methyl/N-ethyl adjacent to an activating group) is 1. The lowest BCUT2D eigenvalue weighted by molar-refractivity contribution is -0.384.